The first-order valence-corrected chi connectivity index (χ1v) is 11.0. The van der Waals surface area contributed by atoms with Gasteiger partial charge < -0.3 is 10.6 Å². The summed E-state index contributed by atoms with van der Waals surface area (Å²) in [6.45, 7) is 5.32. The molecule has 9 heteroatoms. The van der Waals surface area contributed by atoms with Crippen molar-refractivity contribution in [3.63, 3.8) is 0 Å². The zero-order valence-corrected chi connectivity index (χ0v) is 17.8. The number of fused-ring (bicyclic) bond motifs is 2. The third-order valence-corrected chi connectivity index (χ3v) is 6.86. The van der Waals surface area contributed by atoms with E-state index in [1.165, 1.54) is 22.2 Å². The van der Waals surface area contributed by atoms with Crippen molar-refractivity contribution >= 4 is 54.1 Å². The maximum atomic E-state index is 12.6. The topological polar surface area (TPSA) is 88.9 Å². The number of nitrogens with zero attached hydrogens (tertiary/aromatic N) is 3. The number of hydrogen-bond acceptors (Lipinski definition) is 7. The molecule has 29 heavy (non-hydrogen) atoms. The maximum absolute atomic E-state index is 12.6. The van der Waals surface area contributed by atoms with Crippen molar-refractivity contribution in [3.8, 4) is 0 Å². The number of carbonyl (C=O) groups is 1. The SMILES string of the molecule is Cc1sc2ncn(CCC(=O)NCCNc3nc4ccccc4s3)c(=O)c2c1C. The zero-order chi connectivity index (χ0) is 20.4. The predicted octanol–water partition coefficient (Wildman–Crippen LogP) is 3.30. The van der Waals surface area contributed by atoms with Crippen LogP contribution in [0.1, 0.15) is 16.9 Å². The predicted molar refractivity (Wildman–Crippen MR) is 119 cm³/mol. The van der Waals surface area contributed by atoms with Crippen molar-refractivity contribution in [2.24, 2.45) is 0 Å². The molecule has 0 radical (unpaired) electrons. The molecule has 3 aromatic heterocycles. The summed E-state index contributed by atoms with van der Waals surface area (Å²) >= 11 is 3.11. The molecule has 0 saturated heterocycles. The molecule has 0 aliphatic rings. The lowest BCUT2D eigenvalue weighted by molar-refractivity contribution is -0.121. The highest BCUT2D eigenvalue weighted by Crippen LogP contribution is 2.26. The van der Waals surface area contributed by atoms with E-state index in [0.29, 0.717) is 25.0 Å². The first kappa shape index (κ1) is 19.5. The minimum Gasteiger partial charge on any atom is -0.360 e. The Morgan fingerprint density at radius 3 is 2.83 bits per heavy atom. The first-order valence-electron chi connectivity index (χ1n) is 9.34. The Kier molecular flexibility index (Phi) is 5.59. The van der Waals surface area contributed by atoms with Crippen LogP contribution >= 0.6 is 22.7 Å². The van der Waals surface area contributed by atoms with Gasteiger partial charge >= 0.3 is 0 Å². The average Bonchev–Trinajstić information content (AvgIpc) is 3.25. The fraction of sp³-hybridized carbons (Fsp3) is 0.300. The van der Waals surface area contributed by atoms with Gasteiger partial charge in [0.15, 0.2) is 5.13 Å². The van der Waals surface area contributed by atoms with Gasteiger partial charge in [-0.05, 0) is 31.5 Å². The molecule has 0 fully saturated rings. The zero-order valence-electron chi connectivity index (χ0n) is 16.2. The lowest BCUT2D eigenvalue weighted by Gasteiger charge is -2.07. The van der Waals surface area contributed by atoms with Crippen LogP contribution in [-0.2, 0) is 11.3 Å². The molecule has 0 spiro atoms. The summed E-state index contributed by atoms with van der Waals surface area (Å²) in [5.41, 5.74) is 1.86. The number of aromatic nitrogens is 3. The van der Waals surface area contributed by atoms with Crippen molar-refractivity contribution in [1.82, 2.24) is 19.9 Å². The lowest BCUT2D eigenvalue weighted by atomic mass is 10.2. The highest BCUT2D eigenvalue weighted by molar-refractivity contribution is 7.22. The summed E-state index contributed by atoms with van der Waals surface area (Å²) in [5, 5.41) is 7.60. The molecular weight excluding hydrogens is 406 g/mol. The minimum absolute atomic E-state index is 0.0813. The first-order chi connectivity index (χ1) is 14.0. The van der Waals surface area contributed by atoms with E-state index in [2.05, 4.69) is 20.6 Å². The molecule has 150 valence electrons. The number of thiazole rings is 1. The number of para-hydroxylation sites is 1. The lowest BCUT2D eigenvalue weighted by Crippen LogP contribution is -2.30. The van der Waals surface area contributed by atoms with Crippen molar-refractivity contribution in [3.05, 3.63) is 51.4 Å². The molecular formula is C20H21N5O2S2. The van der Waals surface area contributed by atoms with Crippen LogP contribution < -0.4 is 16.2 Å². The van der Waals surface area contributed by atoms with E-state index < -0.39 is 0 Å². The number of anilines is 1. The van der Waals surface area contributed by atoms with Crippen LogP contribution in [0.15, 0.2) is 35.4 Å². The number of nitrogens with one attached hydrogen (secondary N) is 2. The molecule has 0 aliphatic heterocycles. The Labute approximate surface area is 175 Å². The van der Waals surface area contributed by atoms with Gasteiger partial charge in [0.2, 0.25) is 5.91 Å². The molecule has 3 heterocycles. The second-order valence-corrected chi connectivity index (χ2v) is 8.95. The fourth-order valence-corrected chi connectivity index (χ4v) is 4.94. The largest absolute Gasteiger partial charge is 0.360 e. The Balaban J connectivity index is 1.27. The van der Waals surface area contributed by atoms with Gasteiger partial charge in [0.1, 0.15) is 4.83 Å². The molecule has 2 N–H and O–H groups in total. The third kappa shape index (κ3) is 4.15. The maximum Gasteiger partial charge on any atom is 0.262 e. The summed E-state index contributed by atoms with van der Waals surface area (Å²) in [4.78, 5) is 35.5. The van der Waals surface area contributed by atoms with Crippen molar-refractivity contribution in [2.45, 2.75) is 26.8 Å². The van der Waals surface area contributed by atoms with E-state index >= 15 is 0 Å². The summed E-state index contributed by atoms with van der Waals surface area (Å²) in [7, 11) is 0. The van der Waals surface area contributed by atoms with E-state index in [-0.39, 0.29) is 17.9 Å². The quantitative estimate of drug-likeness (QED) is 0.442. The fourth-order valence-electron chi connectivity index (χ4n) is 3.06. The molecule has 0 saturated carbocycles. The Morgan fingerprint density at radius 1 is 1.17 bits per heavy atom. The number of hydrogen-bond donors (Lipinski definition) is 2. The number of rotatable bonds is 7. The van der Waals surface area contributed by atoms with E-state index in [1.54, 1.807) is 11.3 Å². The third-order valence-electron chi connectivity index (χ3n) is 4.75. The molecule has 7 nitrogen and oxygen atoms in total. The van der Waals surface area contributed by atoms with Crippen LogP contribution in [0.2, 0.25) is 0 Å². The summed E-state index contributed by atoms with van der Waals surface area (Å²) < 4.78 is 2.64. The van der Waals surface area contributed by atoms with Gasteiger partial charge in [-0.3, -0.25) is 14.2 Å². The summed E-state index contributed by atoms with van der Waals surface area (Å²) in [6.07, 6.45) is 1.76. The van der Waals surface area contributed by atoms with Crippen molar-refractivity contribution in [2.75, 3.05) is 18.4 Å². The van der Waals surface area contributed by atoms with Gasteiger partial charge in [-0.15, -0.1) is 11.3 Å². The summed E-state index contributed by atoms with van der Waals surface area (Å²) in [5.74, 6) is -0.0960. The molecule has 0 atom stereocenters. The Hall–Kier alpha value is -2.78. The van der Waals surface area contributed by atoms with E-state index in [0.717, 1.165) is 30.6 Å². The van der Waals surface area contributed by atoms with Gasteiger partial charge in [0.25, 0.3) is 5.56 Å². The van der Waals surface area contributed by atoms with Gasteiger partial charge in [-0.25, -0.2) is 9.97 Å². The molecule has 0 bridgehead atoms. The monoisotopic (exact) mass is 427 g/mol. The number of aryl methyl sites for hydroxylation is 3. The minimum atomic E-state index is -0.0960. The second kappa shape index (κ2) is 8.30. The van der Waals surface area contributed by atoms with Crippen LogP contribution in [-0.4, -0.2) is 33.5 Å². The van der Waals surface area contributed by atoms with Gasteiger partial charge in [0, 0.05) is 30.9 Å². The molecule has 4 aromatic rings. The molecule has 4 rings (SSSR count). The highest BCUT2D eigenvalue weighted by Gasteiger charge is 2.12. The molecule has 1 aromatic carbocycles. The van der Waals surface area contributed by atoms with Crippen LogP contribution in [0.3, 0.4) is 0 Å². The number of thiophene rings is 1. The van der Waals surface area contributed by atoms with Crippen molar-refractivity contribution in [1.29, 1.82) is 0 Å². The van der Waals surface area contributed by atoms with Crippen molar-refractivity contribution < 1.29 is 4.79 Å². The van der Waals surface area contributed by atoms with E-state index in [1.807, 2.05) is 38.1 Å². The highest BCUT2D eigenvalue weighted by atomic mass is 32.1. The Bertz CT molecular complexity index is 1210. The molecule has 0 unspecified atom stereocenters. The van der Waals surface area contributed by atoms with Gasteiger partial charge in [0.05, 0.1) is 21.9 Å². The average molecular weight is 428 g/mol. The van der Waals surface area contributed by atoms with Crippen LogP contribution in [0.4, 0.5) is 5.13 Å². The number of carbonyl (C=O) groups excluding carboxylic acids is 1. The molecule has 1 amide bonds. The molecule has 0 aliphatic carbocycles. The normalized spacial score (nSPS) is 11.2. The van der Waals surface area contributed by atoms with E-state index in [4.69, 9.17) is 0 Å². The summed E-state index contributed by atoms with van der Waals surface area (Å²) in [6, 6.07) is 7.97. The van der Waals surface area contributed by atoms with Gasteiger partial charge in [-0.2, -0.15) is 0 Å². The van der Waals surface area contributed by atoms with Crippen LogP contribution in [0.5, 0.6) is 0 Å². The van der Waals surface area contributed by atoms with Crippen LogP contribution in [0, 0.1) is 13.8 Å². The Morgan fingerprint density at radius 2 is 2.00 bits per heavy atom. The second-order valence-electron chi connectivity index (χ2n) is 6.72. The standard InChI is InChI=1S/C20H21N5O2S2/c1-12-13(2)28-18-17(12)19(27)25(11-23-18)10-7-16(26)21-8-9-22-20-24-14-5-3-4-6-15(14)29-20/h3-6,11H,7-10H2,1-2H3,(H,21,26)(H,22,24). The van der Waals surface area contributed by atoms with E-state index in [9.17, 15) is 9.59 Å². The smallest absolute Gasteiger partial charge is 0.262 e. The van der Waals surface area contributed by atoms with Gasteiger partial charge in [-0.1, -0.05) is 23.5 Å². The number of amides is 1. The number of benzene rings is 1. The van der Waals surface area contributed by atoms with Crippen LogP contribution in [0.25, 0.3) is 20.4 Å².